The molecule has 3 heteroatoms. The molecule has 0 aliphatic carbocycles. The summed E-state index contributed by atoms with van der Waals surface area (Å²) in [5.74, 6) is 1.39. The number of aromatic nitrogens is 1. The molecule has 1 aromatic heterocycles. The molecule has 0 unspecified atom stereocenters. The molecule has 0 amide bonds. The van der Waals surface area contributed by atoms with Crippen LogP contribution in [-0.4, -0.2) is 17.5 Å². The van der Waals surface area contributed by atoms with Gasteiger partial charge in [-0.15, -0.1) is 0 Å². The van der Waals surface area contributed by atoms with E-state index in [4.69, 9.17) is 0 Å². The van der Waals surface area contributed by atoms with Crippen molar-refractivity contribution >= 4 is 11.5 Å². The summed E-state index contributed by atoms with van der Waals surface area (Å²) >= 11 is 1.71. The van der Waals surface area contributed by atoms with E-state index in [1.165, 1.54) is 31.5 Å². The van der Waals surface area contributed by atoms with Gasteiger partial charge < -0.3 is 5.32 Å². The molecule has 0 saturated carbocycles. The first-order valence-electron chi connectivity index (χ1n) is 5.44. The standard InChI is InChI=1S/C11H18N2S/c1-8(2)10-7-13-14-11(10)9-3-5-12-6-4-9/h7-9,12H,3-6H2,1-2H3. The van der Waals surface area contributed by atoms with Crippen molar-refractivity contribution < 1.29 is 0 Å². The second-order valence-electron chi connectivity index (χ2n) is 4.32. The van der Waals surface area contributed by atoms with Gasteiger partial charge >= 0.3 is 0 Å². The average molecular weight is 210 g/mol. The van der Waals surface area contributed by atoms with Gasteiger partial charge in [0.15, 0.2) is 0 Å². The van der Waals surface area contributed by atoms with E-state index in [9.17, 15) is 0 Å². The summed E-state index contributed by atoms with van der Waals surface area (Å²) in [5.41, 5.74) is 1.47. The molecule has 0 radical (unpaired) electrons. The van der Waals surface area contributed by atoms with Crippen LogP contribution in [0.15, 0.2) is 6.20 Å². The number of piperidine rings is 1. The number of nitrogens with one attached hydrogen (secondary N) is 1. The molecule has 1 fully saturated rings. The van der Waals surface area contributed by atoms with Crippen molar-refractivity contribution in [1.82, 2.24) is 9.69 Å². The molecule has 14 heavy (non-hydrogen) atoms. The number of hydrogen-bond acceptors (Lipinski definition) is 3. The number of rotatable bonds is 2. The molecule has 2 nitrogen and oxygen atoms in total. The fourth-order valence-corrected chi connectivity index (χ4v) is 3.14. The van der Waals surface area contributed by atoms with Gasteiger partial charge in [0.2, 0.25) is 0 Å². The average Bonchev–Trinajstić information content (AvgIpc) is 2.67. The highest BCUT2D eigenvalue weighted by Crippen LogP contribution is 2.34. The highest BCUT2D eigenvalue weighted by atomic mass is 32.1. The van der Waals surface area contributed by atoms with Gasteiger partial charge in [0.25, 0.3) is 0 Å². The largest absolute Gasteiger partial charge is 0.317 e. The van der Waals surface area contributed by atoms with Crippen LogP contribution in [0.2, 0.25) is 0 Å². The minimum atomic E-state index is 0.624. The Morgan fingerprint density at radius 2 is 2.14 bits per heavy atom. The molecule has 78 valence electrons. The first-order chi connectivity index (χ1) is 6.79. The third kappa shape index (κ3) is 1.98. The predicted molar refractivity (Wildman–Crippen MR) is 61.0 cm³/mol. The monoisotopic (exact) mass is 210 g/mol. The number of nitrogens with zero attached hydrogens (tertiary/aromatic N) is 1. The van der Waals surface area contributed by atoms with Crippen LogP contribution in [0.3, 0.4) is 0 Å². The van der Waals surface area contributed by atoms with Crippen molar-refractivity contribution in [3.63, 3.8) is 0 Å². The lowest BCUT2D eigenvalue weighted by atomic mass is 9.91. The summed E-state index contributed by atoms with van der Waals surface area (Å²) < 4.78 is 4.34. The molecule has 0 bridgehead atoms. The van der Waals surface area contributed by atoms with Gasteiger partial charge in [0.1, 0.15) is 0 Å². The van der Waals surface area contributed by atoms with E-state index < -0.39 is 0 Å². The second-order valence-corrected chi connectivity index (χ2v) is 5.16. The van der Waals surface area contributed by atoms with E-state index in [0.717, 1.165) is 5.92 Å². The predicted octanol–water partition coefficient (Wildman–Crippen LogP) is 2.73. The topological polar surface area (TPSA) is 24.9 Å². The molecular weight excluding hydrogens is 192 g/mol. The van der Waals surface area contributed by atoms with Crippen molar-refractivity contribution in [2.45, 2.75) is 38.5 Å². The summed E-state index contributed by atoms with van der Waals surface area (Å²) in [7, 11) is 0. The van der Waals surface area contributed by atoms with E-state index in [0.29, 0.717) is 5.92 Å². The smallest absolute Gasteiger partial charge is 0.0444 e. The summed E-state index contributed by atoms with van der Waals surface area (Å²) in [6.45, 7) is 6.85. The molecule has 1 aliphatic rings. The number of hydrogen-bond donors (Lipinski definition) is 1. The van der Waals surface area contributed by atoms with Crippen LogP contribution in [0, 0.1) is 0 Å². The SMILES string of the molecule is CC(C)c1cnsc1C1CCNCC1. The summed E-state index contributed by atoms with van der Waals surface area (Å²) in [6.07, 6.45) is 4.62. The molecule has 0 aromatic carbocycles. The summed E-state index contributed by atoms with van der Waals surface area (Å²) in [6, 6.07) is 0. The van der Waals surface area contributed by atoms with Gasteiger partial charge in [-0.25, -0.2) is 4.37 Å². The minimum Gasteiger partial charge on any atom is -0.317 e. The first kappa shape index (κ1) is 10.1. The Balaban J connectivity index is 2.17. The quantitative estimate of drug-likeness (QED) is 0.812. The van der Waals surface area contributed by atoms with E-state index in [-0.39, 0.29) is 0 Å². The van der Waals surface area contributed by atoms with Gasteiger partial charge in [-0.2, -0.15) is 0 Å². The van der Waals surface area contributed by atoms with E-state index in [1.54, 1.807) is 16.4 Å². The van der Waals surface area contributed by atoms with Gasteiger partial charge in [-0.1, -0.05) is 13.8 Å². The van der Waals surface area contributed by atoms with Crippen LogP contribution in [-0.2, 0) is 0 Å². The highest BCUT2D eigenvalue weighted by Gasteiger charge is 2.21. The molecule has 0 spiro atoms. The van der Waals surface area contributed by atoms with Crippen molar-refractivity contribution in [1.29, 1.82) is 0 Å². The minimum absolute atomic E-state index is 0.624. The maximum atomic E-state index is 4.34. The zero-order chi connectivity index (χ0) is 9.97. The molecule has 2 rings (SSSR count). The molecule has 1 saturated heterocycles. The lowest BCUT2D eigenvalue weighted by Crippen LogP contribution is -2.26. The third-order valence-corrected chi connectivity index (χ3v) is 3.94. The van der Waals surface area contributed by atoms with Crippen LogP contribution in [0.1, 0.15) is 49.0 Å². The van der Waals surface area contributed by atoms with Crippen LogP contribution >= 0.6 is 11.5 Å². The van der Waals surface area contributed by atoms with Crippen molar-refractivity contribution in [3.8, 4) is 0 Å². The van der Waals surface area contributed by atoms with E-state index in [2.05, 4.69) is 29.7 Å². The van der Waals surface area contributed by atoms with Crippen molar-refractivity contribution in [2.75, 3.05) is 13.1 Å². The van der Waals surface area contributed by atoms with Gasteiger partial charge in [-0.3, -0.25) is 0 Å². The third-order valence-electron chi connectivity index (χ3n) is 2.96. The van der Waals surface area contributed by atoms with Crippen molar-refractivity contribution in [2.24, 2.45) is 0 Å². The molecule has 1 aromatic rings. The van der Waals surface area contributed by atoms with Gasteiger partial charge in [-0.05, 0) is 54.9 Å². The molecule has 0 atom stereocenters. The Morgan fingerprint density at radius 1 is 1.43 bits per heavy atom. The zero-order valence-corrected chi connectivity index (χ0v) is 9.73. The lowest BCUT2D eigenvalue weighted by Gasteiger charge is -2.23. The zero-order valence-electron chi connectivity index (χ0n) is 8.92. The van der Waals surface area contributed by atoms with Crippen LogP contribution in [0.4, 0.5) is 0 Å². The fraction of sp³-hybridized carbons (Fsp3) is 0.727. The Labute approximate surface area is 89.9 Å². The molecular formula is C11H18N2S. The Kier molecular flexibility index (Phi) is 3.19. The van der Waals surface area contributed by atoms with Gasteiger partial charge in [0.05, 0.1) is 0 Å². The fourth-order valence-electron chi connectivity index (χ4n) is 2.08. The van der Waals surface area contributed by atoms with Crippen LogP contribution in [0.5, 0.6) is 0 Å². The first-order valence-corrected chi connectivity index (χ1v) is 6.21. The lowest BCUT2D eigenvalue weighted by molar-refractivity contribution is 0.462. The Bertz CT molecular complexity index is 287. The molecule has 2 heterocycles. The second kappa shape index (κ2) is 4.41. The molecule has 1 aliphatic heterocycles. The molecule has 1 N–H and O–H groups in total. The summed E-state index contributed by atoms with van der Waals surface area (Å²) in [4.78, 5) is 1.54. The summed E-state index contributed by atoms with van der Waals surface area (Å²) in [5, 5.41) is 3.41. The Morgan fingerprint density at radius 3 is 2.79 bits per heavy atom. The highest BCUT2D eigenvalue weighted by molar-refractivity contribution is 7.06. The Hall–Kier alpha value is -0.410. The van der Waals surface area contributed by atoms with Crippen LogP contribution in [0.25, 0.3) is 0 Å². The van der Waals surface area contributed by atoms with Gasteiger partial charge in [0, 0.05) is 11.1 Å². The maximum Gasteiger partial charge on any atom is 0.0444 e. The van der Waals surface area contributed by atoms with Crippen molar-refractivity contribution in [3.05, 3.63) is 16.6 Å². The maximum absolute atomic E-state index is 4.34. The normalized spacial score (nSPS) is 19.1. The van der Waals surface area contributed by atoms with E-state index in [1.807, 2.05) is 0 Å². The van der Waals surface area contributed by atoms with E-state index >= 15 is 0 Å². The van der Waals surface area contributed by atoms with Crippen LogP contribution < -0.4 is 5.32 Å².